The molecule has 0 spiro atoms. The molecule has 1 saturated heterocycles. The van der Waals surface area contributed by atoms with Crippen molar-refractivity contribution in [3.8, 4) is 33.8 Å². The quantitative estimate of drug-likeness (QED) is 0.466. The second-order valence-electron chi connectivity index (χ2n) is 8.48. The number of amides is 1. The van der Waals surface area contributed by atoms with E-state index in [1.54, 1.807) is 25.4 Å². The molecule has 0 aliphatic carbocycles. The molecular weight excluding hydrogens is 428 g/mol. The zero-order valence-electron chi connectivity index (χ0n) is 19.4. The highest BCUT2D eigenvalue weighted by Crippen LogP contribution is 2.36. The SMILES string of the molecule is CCN1CCN(C(=O)c2cc(-c3cnc4[nH]cc(-c5ccccc5OC)c4c3)ccc2O)CC1. The van der Waals surface area contributed by atoms with Gasteiger partial charge in [-0.05, 0) is 36.4 Å². The van der Waals surface area contributed by atoms with Gasteiger partial charge in [-0.2, -0.15) is 0 Å². The Morgan fingerprint density at radius 1 is 1.06 bits per heavy atom. The number of phenolic OH excluding ortho intramolecular Hbond substituents is 1. The second-order valence-corrected chi connectivity index (χ2v) is 8.48. The van der Waals surface area contributed by atoms with Crippen LogP contribution >= 0.6 is 0 Å². The van der Waals surface area contributed by atoms with E-state index < -0.39 is 0 Å². The molecule has 0 unspecified atom stereocenters. The Labute approximate surface area is 198 Å². The third-order valence-corrected chi connectivity index (χ3v) is 6.60. The maximum absolute atomic E-state index is 13.2. The number of carbonyl (C=O) groups is 1. The van der Waals surface area contributed by atoms with Gasteiger partial charge in [-0.1, -0.05) is 31.2 Å². The highest BCUT2D eigenvalue weighted by Gasteiger charge is 2.24. The third-order valence-electron chi connectivity index (χ3n) is 6.60. The summed E-state index contributed by atoms with van der Waals surface area (Å²) in [4.78, 5) is 25.2. The molecule has 7 heteroatoms. The van der Waals surface area contributed by atoms with Crippen molar-refractivity contribution in [1.82, 2.24) is 19.8 Å². The molecule has 7 nitrogen and oxygen atoms in total. The normalized spacial score (nSPS) is 14.5. The lowest BCUT2D eigenvalue weighted by atomic mass is 9.99. The van der Waals surface area contributed by atoms with Crippen LogP contribution in [-0.2, 0) is 0 Å². The fraction of sp³-hybridized carbons (Fsp3) is 0.259. The first-order chi connectivity index (χ1) is 16.6. The van der Waals surface area contributed by atoms with Crippen molar-refractivity contribution < 1.29 is 14.6 Å². The van der Waals surface area contributed by atoms with Crippen molar-refractivity contribution >= 4 is 16.9 Å². The average molecular weight is 457 g/mol. The summed E-state index contributed by atoms with van der Waals surface area (Å²) in [6.07, 6.45) is 3.71. The molecule has 1 aliphatic heterocycles. The van der Waals surface area contributed by atoms with Crippen LogP contribution in [-0.4, -0.2) is 70.6 Å². The number of nitrogens with one attached hydrogen (secondary N) is 1. The van der Waals surface area contributed by atoms with E-state index in [1.165, 1.54) is 0 Å². The number of nitrogens with zero attached hydrogens (tertiary/aromatic N) is 3. The largest absolute Gasteiger partial charge is 0.507 e. The molecule has 1 amide bonds. The van der Waals surface area contributed by atoms with Gasteiger partial charge in [0, 0.05) is 60.6 Å². The number of methoxy groups -OCH3 is 1. The molecule has 34 heavy (non-hydrogen) atoms. The van der Waals surface area contributed by atoms with Gasteiger partial charge in [-0.25, -0.2) is 4.98 Å². The number of ether oxygens (including phenoxy) is 1. The fourth-order valence-corrected chi connectivity index (χ4v) is 4.58. The molecule has 2 aromatic heterocycles. The third kappa shape index (κ3) is 3.99. The number of hydrogen-bond acceptors (Lipinski definition) is 5. The van der Waals surface area contributed by atoms with Crippen LogP contribution in [0.1, 0.15) is 17.3 Å². The van der Waals surface area contributed by atoms with Crippen molar-refractivity contribution in [1.29, 1.82) is 0 Å². The lowest BCUT2D eigenvalue weighted by Crippen LogP contribution is -2.48. The zero-order valence-corrected chi connectivity index (χ0v) is 19.4. The van der Waals surface area contributed by atoms with Crippen LogP contribution in [0.25, 0.3) is 33.3 Å². The van der Waals surface area contributed by atoms with Gasteiger partial charge < -0.3 is 24.6 Å². The van der Waals surface area contributed by atoms with Crippen molar-refractivity contribution in [2.45, 2.75) is 6.92 Å². The van der Waals surface area contributed by atoms with E-state index in [0.29, 0.717) is 18.7 Å². The van der Waals surface area contributed by atoms with Crippen LogP contribution in [0, 0.1) is 0 Å². The van der Waals surface area contributed by atoms with Gasteiger partial charge in [-0.15, -0.1) is 0 Å². The van der Waals surface area contributed by atoms with Gasteiger partial charge in [0.25, 0.3) is 5.91 Å². The number of benzene rings is 2. The molecule has 0 atom stereocenters. The number of aromatic amines is 1. The van der Waals surface area contributed by atoms with E-state index in [-0.39, 0.29) is 11.7 Å². The number of fused-ring (bicyclic) bond motifs is 1. The van der Waals surface area contributed by atoms with Gasteiger partial charge in [0.2, 0.25) is 0 Å². The van der Waals surface area contributed by atoms with Crippen LogP contribution < -0.4 is 4.74 Å². The summed E-state index contributed by atoms with van der Waals surface area (Å²) in [5.74, 6) is 0.645. The Kier molecular flexibility index (Phi) is 5.94. The summed E-state index contributed by atoms with van der Waals surface area (Å²) in [6, 6.07) is 15.1. The highest BCUT2D eigenvalue weighted by atomic mass is 16.5. The van der Waals surface area contributed by atoms with Gasteiger partial charge in [0.05, 0.1) is 12.7 Å². The van der Waals surface area contributed by atoms with E-state index in [0.717, 1.165) is 58.7 Å². The van der Waals surface area contributed by atoms with E-state index >= 15 is 0 Å². The molecule has 2 N–H and O–H groups in total. The summed E-state index contributed by atoms with van der Waals surface area (Å²) in [5, 5.41) is 11.4. The first-order valence-electron chi connectivity index (χ1n) is 11.5. The Morgan fingerprint density at radius 3 is 2.62 bits per heavy atom. The predicted molar refractivity (Wildman–Crippen MR) is 133 cm³/mol. The summed E-state index contributed by atoms with van der Waals surface area (Å²) < 4.78 is 5.55. The maximum Gasteiger partial charge on any atom is 0.257 e. The minimum atomic E-state index is -0.138. The number of hydrogen-bond donors (Lipinski definition) is 2. The number of pyridine rings is 1. The first-order valence-corrected chi connectivity index (χ1v) is 11.5. The minimum absolute atomic E-state index is 0.00272. The second kappa shape index (κ2) is 9.19. The topological polar surface area (TPSA) is 81.7 Å². The van der Waals surface area contributed by atoms with Gasteiger partial charge in [0.1, 0.15) is 17.1 Å². The van der Waals surface area contributed by atoms with Crippen LogP contribution in [0.15, 0.2) is 60.9 Å². The molecule has 0 saturated carbocycles. The first kappa shape index (κ1) is 22.0. The van der Waals surface area contributed by atoms with Crippen molar-refractivity contribution in [3.63, 3.8) is 0 Å². The van der Waals surface area contributed by atoms with E-state index in [1.807, 2.05) is 41.4 Å². The molecule has 0 bridgehead atoms. The Hall–Kier alpha value is -3.84. The van der Waals surface area contributed by atoms with E-state index in [4.69, 9.17) is 4.74 Å². The number of H-pyrrole nitrogens is 1. The molecule has 1 aliphatic rings. The molecule has 0 radical (unpaired) electrons. The van der Waals surface area contributed by atoms with Crippen LogP contribution in [0.3, 0.4) is 0 Å². The summed E-state index contributed by atoms with van der Waals surface area (Å²) in [7, 11) is 1.66. The highest BCUT2D eigenvalue weighted by molar-refractivity contribution is 6.00. The van der Waals surface area contributed by atoms with Crippen molar-refractivity contribution in [2.75, 3.05) is 39.8 Å². The number of rotatable bonds is 5. The van der Waals surface area contributed by atoms with Crippen LogP contribution in [0.2, 0.25) is 0 Å². The molecule has 1 fully saturated rings. The number of piperazine rings is 1. The van der Waals surface area contributed by atoms with Crippen molar-refractivity contribution in [3.05, 3.63) is 66.5 Å². The average Bonchev–Trinajstić information content (AvgIpc) is 3.31. The van der Waals surface area contributed by atoms with Gasteiger partial charge in [-0.3, -0.25) is 4.79 Å². The molecule has 5 rings (SSSR count). The van der Waals surface area contributed by atoms with Crippen LogP contribution in [0.4, 0.5) is 0 Å². The standard InChI is InChI=1S/C27H28N4O3/c1-3-30-10-12-31(13-11-30)27(33)22-14-18(8-9-24(22)32)19-15-21-23(17-29-26(21)28-16-19)20-6-4-5-7-25(20)34-2/h4-9,14-17,32H,3,10-13H2,1-2H3,(H,28,29). The van der Waals surface area contributed by atoms with Crippen LogP contribution in [0.5, 0.6) is 11.5 Å². The van der Waals surface area contributed by atoms with Gasteiger partial charge in [0.15, 0.2) is 0 Å². The summed E-state index contributed by atoms with van der Waals surface area (Å²) >= 11 is 0. The Bertz CT molecular complexity index is 1340. The Morgan fingerprint density at radius 2 is 1.85 bits per heavy atom. The number of aromatic hydroxyl groups is 1. The van der Waals surface area contributed by atoms with E-state index in [9.17, 15) is 9.90 Å². The number of phenols is 1. The molecule has 174 valence electrons. The molecular formula is C27H28N4O3. The Balaban J connectivity index is 1.50. The molecule has 2 aromatic carbocycles. The minimum Gasteiger partial charge on any atom is -0.507 e. The lowest BCUT2D eigenvalue weighted by Gasteiger charge is -2.34. The van der Waals surface area contributed by atoms with Gasteiger partial charge >= 0.3 is 0 Å². The molecule has 3 heterocycles. The summed E-state index contributed by atoms with van der Waals surface area (Å²) in [6.45, 7) is 6.13. The zero-order chi connectivity index (χ0) is 23.7. The number of aromatic nitrogens is 2. The number of para-hydroxylation sites is 1. The monoisotopic (exact) mass is 456 g/mol. The predicted octanol–water partition coefficient (Wildman–Crippen LogP) is 4.39. The van der Waals surface area contributed by atoms with E-state index in [2.05, 4.69) is 27.9 Å². The smallest absolute Gasteiger partial charge is 0.257 e. The fourth-order valence-electron chi connectivity index (χ4n) is 4.58. The number of likely N-dealkylation sites (N-methyl/N-ethyl adjacent to an activating group) is 1. The lowest BCUT2D eigenvalue weighted by molar-refractivity contribution is 0.0640. The number of carbonyl (C=O) groups excluding carboxylic acids is 1. The van der Waals surface area contributed by atoms with Crippen molar-refractivity contribution in [2.24, 2.45) is 0 Å². The summed E-state index contributed by atoms with van der Waals surface area (Å²) in [5.41, 5.74) is 4.76. The molecule has 4 aromatic rings. The maximum atomic E-state index is 13.2.